The summed E-state index contributed by atoms with van der Waals surface area (Å²) in [5.74, 6) is 0.912. The van der Waals surface area contributed by atoms with Gasteiger partial charge in [0.1, 0.15) is 0 Å². The SMILES string of the molecule is CCC(CCBr)NC(=O)CC1CCCCC1. The molecule has 0 saturated heterocycles. The van der Waals surface area contributed by atoms with Gasteiger partial charge < -0.3 is 5.32 Å². The van der Waals surface area contributed by atoms with Crippen LogP contribution in [0, 0.1) is 5.92 Å². The quantitative estimate of drug-likeness (QED) is 0.743. The molecule has 1 atom stereocenters. The van der Waals surface area contributed by atoms with E-state index in [-0.39, 0.29) is 5.91 Å². The highest BCUT2D eigenvalue weighted by atomic mass is 79.9. The maximum atomic E-state index is 11.8. The van der Waals surface area contributed by atoms with Gasteiger partial charge in [0.05, 0.1) is 0 Å². The van der Waals surface area contributed by atoms with E-state index in [9.17, 15) is 4.79 Å². The number of halogens is 1. The fourth-order valence-electron chi connectivity index (χ4n) is 2.45. The Morgan fingerprint density at radius 2 is 2.06 bits per heavy atom. The molecule has 0 radical (unpaired) electrons. The Morgan fingerprint density at radius 1 is 1.38 bits per heavy atom. The molecule has 94 valence electrons. The van der Waals surface area contributed by atoms with E-state index in [0.717, 1.165) is 24.6 Å². The highest BCUT2D eigenvalue weighted by Crippen LogP contribution is 2.26. The van der Waals surface area contributed by atoms with Crippen LogP contribution in [0.4, 0.5) is 0 Å². The van der Waals surface area contributed by atoms with Crippen LogP contribution in [-0.2, 0) is 4.79 Å². The number of carbonyl (C=O) groups excluding carboxylic acids is 1. The topological polar surface area (TPSA) is 29.1 Å². The van der Waals surface area contributed by atoms with E-state index in [1.165, 1.54) is 32.1 Å². The molecule has 0 aromatic rings. The van der Waals surface area contributed by atoms with E-state index in [0.29, 0.717) is 12.0 Å². The lowest BCUT2D eigenvalue weighted by atomic mass is 9.87. The third kappa shape index (κ3) is 5.33. The van der Waals surface area contributed by atoms with Gasteiger partial charge in [-0.1, -0.05) is 42.1 Å². The van der Waals surface area contributed by atoms with Crippen molar-refractivity contribution in [3.63, 3.8) is 0 Å². The molecule has 1 aliphatic carbocycles. The van der Waals surface area contributed by atoms with Gasteiger partial charge in [-0.05, 0) is 31.6 Å². The monoisotopic (exact) mass is 289 g/mol. The van der Waals surface area contributed by atoms with E-state index in [4.69, 9.17) is 0 Å². The number of nitrogens with one attached hydrogen (secondary N) is 1. The number of hydrogen-bond donors (Lipinski definition) is 1. The molecule has 1 rings (SSSR count). The second-order valence-corrected chi connectivity index (χ2v) is 5.65. The van der Waals surface area contributed by atoms with Crippen LogP contribution >= 0.6 is 15.9 Å². The summed E-state index contributed by atoms with van der Waals surface area (Å²) in [6.45, 7) is 2.13. The fraction of sp³-hybridized carbons (Fsp3) is 0.923. The average Bonchev–Trinajstić information content (AvgIpc) is 2.29. The van der Waals surface area contributed by atoms with Crippen molar-refractivity contribution < 1.29 is 4.79 Å². The standard InChI is InChI=1S/C13H24BrNO/c1-2-12(8-9-14)15-13(16)10-11-6-4-3-5-7-11/h11-12H,2-10H2,1H3,(H,15,16). The maximum absolute atomic E-state index is 11.8. The predicted octanol–water partition coefficient (Wildman–Crippen LogP) is 3.64. The van der Waals surface area contributed by atoms with Crippen molar-refractivity contribution >= 4 is 21.8 Å². The molecule has 1 fully saturated rings. The Balaban J connectivity index is 2.22. The molecule has 1 N–H and O–H groups in total. The lowest BCUT2D eigenvalue weighted by Crippen LogP contribution is -2.35. The van der Waals surface area contributed by atoms with Crippen LogP contribution in [0.3, 0.4) is 0 Å². The van der Waals surface area contributed by atoms with Gasteiger partial charge in [-0.25, -0.2) is 0 Å². The van der Waals surface area contributed by atoms with Crippen LogP contribution in [0.2, 0.25) is 0 Å². The largest absolute Gasteiger partial charge is 0.353 e. The molecule has 1 unspecified atom stereocenters. The number of amides is 1. The fourth-order valence-corrected chi connectivity index (χ4v) is 3.00. The molecular weight excluding hydrogens is 266 g/mol. The van der Waals surface area contributed by atoms with E-state index >= 15 is 0 Å². The predicted molar refractivity (Wildman–Crippen MR) is 71.8 cm³/mol. The highest BCUT2D eigenvalue weighted by Gasteiger charge is 2.18. The minimum absolute atomic E-state index is 0.264. The molecule has 0 aromatic heterocycles. The van der Waals surface area contributed by atoms with Crippen molar-refractivity contribution in [2.24, 2.45) is 5.92 Å². The smallest absolute Gasteiger partial charge is 0.220 e. The van der Waals surface area contributed by atoms with Gasteiger partial charge in [0.15, 0.2) is 0 Å². The van der Waals surface area contributed by atoms with Crippen molar-refractivity contribution in [2.75, 3.05) is 5.33 Å². The Morgan fingerprint density at radius 3 is 2.62 bits per heavy atom. The van der Waals surface area contributed by atoms with Crippen molar-refractivity contribution in [1.82, 2.24) is 5.32 Å². The Bertz CT molecular complexity index is 193. The zero-order valence-corrected chi connectivity index (χ0v) is 11.9. The number of alkyl halides is 1. The molecule has 0 bridgehead atoms. The summed E-state index contributed by atoms with van der Waals surface area (Å²) in [5.41, 5.74) is 0. The van der Waals surface area contributed by atoms with E-state index in [1.54, 1.807) is 0 Å². The van der Waals surface area contributed by atoms with Gasteiger partial charge in [0.25, 0.3) is 0 Å². The maximum Gasteiger partial charge on any atom is 0.220 e. The summed E-state index contributed by atoms with van der Waals surface area (Å²) >= 11 is 3.43. The number of hydrogen-bond acceptors (Lipinski definition) is 1. The Kier molecular flexibility index (Phi) is 7.10. The van der Waals surface area contributed by atoms with E-state index in [2.05, 4.69) is 28.2 Å². The number of carbonyl (C=O) groups is 1. The molecule has 2 nitrogen and oxygen atoms in total. The van der Waals surface area contributed by atoms with Crippen molar-refractivity contribution in [2.45, 2.75) is 64.3 Å². The summed E-state index contributed by atoms with van der Waals surface area (Å²) in [7, 11) is 0. The zero-order chi connectivity index (χ0) is 11.8. The molecular formula is C13H24BrNO. The van der Waals surface area contributed by atoms with Gasteiger partial charge in [0, 0.05) is 17.8 Å². The van der Waals surface area contributed by atoms with Crippen molar-refractivity contribution in [3.05, 3.63) is 0 Å². The van der Waals surface area contributed by atoms with E-state index in [1.807, 2.05) is 0 Å². The summed E-state index contributed by atoms with van der Waals surface area (Å²) < 4.78 is 0. The van der Waals surface area contributed by atoms with Gasteiger partial charge in [-0.2, -0.15) is 0 Å². The lowest BCUT2D eigenvalue weighted by molar-refractivity contribution is -0.123. The second-order valence-electron chi connectivity index (χ2n) is 4.86. The Labute approximate surface area is 108 Å². The first-order valence-electron chi connectivity index (χ1n) is 6.61. The van der Waals surface area contributed by atoms with Crippen LogP contribution < -0.4 is 5.32 Å². The lowest BCUT2D eigenvalue weighted by Gasteiger charge is -2.22. The highest BCUT2D eigenvalue weighted by molar-refractivity contribution is 9.09. The third-order valence-electron chi connectivity index (χ3n) is 3.51. The molecule has 0 aliphatic heterocycles. The number of rotatable bonds is 6. The molecule has 1 amide bonds. The molecule has 0 spiro atoms. The minimum Gasteiger partial charge on any atom is -0.353 e. The first-order chi connectivity index (χ1) is 7.76. The first kappa shape index (κ1) is 14.0. The first-order valence-corrected chi connectivity index (χ1v) is 7.73. The molecule has 0 heterocycles. The molecule has 1 saturated carbocycles. The van der Waals surface area contributed by atoms with Crippen LogP contribution in [0.15, 0.2) is 0 Å². The molecule has 3 heteroatoms. The zero-order valence-electron chi connectivity index (χ0n) is 10.3. The van der Waals surface area contributed by atoms with Crippen LogP contribution in [0.1, 0.15) is 58.3 Å². The summed E-state index contributed by atoms with van der Waals surface area (Å²) in [6, 6.07) is 0.357. The third-order valence-corrected chi connectivity index (χ3v) is 3.97. The van der Waals surface area contributed by atoms with Crippen molar-refractivity contribution in [1.29, 1.82) is 0 Å². The normalized spacial score (nSPS) is 19.4. The van der Waals surface area contributed by atoms with Gasteiger partial charge in [0.2, 0.25) is 5.91 Å². The summed E-state index contributed by atoms with van der Waals surface area (Å²) in [5, 5.41) is 4.11. The Hall–Kier alpha value is -0.0500. The van der Waals surface area contributed by atoms with Crippen LogP contribution in [0.25, 0.3) is 0 Å². The van der Waals surface area contributed by atoms with Gasteiger partial charge in [-0.3, -0.25) is 4.79 Å². The van der Waals surface area contributed by atoms with Crippen LogP contribution in [0.5, 0.6) is 0 Å². The minimum atomic E-state index is 0.264. The van der Waals surface area contributed by atoms with Gasteiger partial charge >= 0.3 is 0 Å². The average molecular weight is 290 g/mol. The second kappa shape index (κ2) is 8.10. The molecule has 0 aromatic carbocycles. The van der Waals surface area contributed by atoms with E-state index < -0.39 is 0 Å². The summed E-state index contributed by atoms with van der Waals surface area (Å²) in [6.07, 6.45) is 9.31. The van der Waals surface area contributed by atoms with Crippen LogP contribution in [-0.4, -0.2) is 17.3 Å². The summed E-state index contributed by atoms with van der Waals surface area (Å²) in [4.78, 5) is 11.8. The van der Waals surface area contributed by atoms with Gasteiger partial charge in [-0.15, -0.1) is 0 Å². The molecule has 1 aliphatic rings. The van der Waals surface area contributed by atoms with Crippen molar-refractivity contribution in [3.8, 4) is 0 Å². The molecule has 16 heavy (non-hydrogen) atoms.